The number of hydrogen-bond acceptors (Lipinski definition) is 7. The minimum Gasteiger partial charge on any atom is -0.396 e. The molecule has 3 atom stereocenters. The van der Waals surface area contributed by atoms with E-state index in [4.69, 9.17) is 26.8 Å². The maximum atomic E-state index is 9.58. The van der Waals surface area contributed by atoms with E-state index in [-0.39, 0.29) is 24.6 Å². The van der Waals surface area contributed by atoms with Crippen molar-refractivity contribution in [2.24, 2.45) is 5.92 Å². The second-order valence-electron chi connectivity index (χ2n) is 6.38. The van der Waals surface area contributed by atoms with Crippen molar-refractivity contribution in [3.63, 3.8) is 0 Å². The lowest BCUT2D eigenvalue weighted by Gasteiger charge is -2.31. The van der Waals surface area contributed by atoms with E-state index < -0.39 is 11.5 Å². The Balaban J connectivity index is 1.96. The number of hydrogen-bond donors (Lipinski definition) is 3. The van der Waals surface area contributed by atoms with Crippen molar-refractivity contribution in [2.75, 3.05) is 17.7 Å². The predicted molar refractivity (Wildman–Crippen MR) is 82.4 cm³/mol. The minimum absolute atomic E-state index is 0.0178. The summed E-state index contributed by atoms with van der Waals surface area (Å²) < 4.78 is 12.1. The van der Waals surface area contributed by atoms with Gasteiger partial charge in [-0.3, -0.25) is 0 Å². The summed E-state index contributed by atoms with van der Waals surface area (Å²) in [6.07, 6.45) is 1.24. The van der Waals surface area contributed by atoms with Crippen molar-refractivity contribution in [1.29, 1.82) is 0 Å². The number of nitrogens with two attached hydrogens (primary N) is 1. The molecule has 1 saturated carbocycles. The fraction of sp³-hybridized carbons (Fsp3) is 0.714. The highest BCUT2D eigenvalue weighted by Gasteiger charge is 2.60. The molecule has 22 heavy (non-hydrogen) atoms. The van der Waals surface area contributed by atoms with Gasteiger partial charge in [0.05, 0.1) is 0 Å². The predicted octanol–water partition coefficient (Wildman–Crippen LogP) is 1.68. The van der Waals surface area contributed by atoms with Crippen molar-refractivity contribution >= 4 is 23.4 Å². The number of aliphatic hydroxyl groups is 1. The summed E-state index contributed by atoms with van der Waals surface area (Å²) in [5.74, 6) is -0.0885. The number of anilines is 2. The number of aromatic nitrogens is 2. The number of aliphatic hydroxyl groups excluding tert-OH is 1. The molecule has 0 spiro atoms. The molecule has 3 unspecified atom stereocenters. The summed E-state index contributed by atoms with van der Waals surface area (Å²) in [5.41, 5.74) is 5.64. The third kappa shape index (κ3) is 2.52. The molecule has 0 amide bonds. The summed E-state index contributed by atoms with van der Waals surface area (Å²) in [5, 5.41) is 13.2. The van der Waals surface area contributed by atoms with E-state index in [1.165, 1.54) is 0 Å². The van der Waals surface area contributed by atoms with Gasteiger partial charge in [0.2, 0.25) is 5.95 Å². The second-order valence-corrected chi connectivity index (χ2v) is 6.74. The topological polar surface area (TPSA) is 103 Å². The Morgan fingerprint density at radius 3 is 2.86 bits per heavy atom. The van der Waals surface area contributed by atoms with E-state index >= 15 is 0 Å². The van der Waals surface area contributed by atoms with E-state index in [9.17, 15) is 5.11 Å². The second kappa shape index (κ2) is 5.19. The molecule has 2 fully saturated rings. The Morgan fingerprint density at radius 2 is 2.18 bits per heavy atom. The van der Waals surface area contributed by atoms with Crippen LogP contribution >= 0.6 is 11.6 Å². The average Bonchev–Trinajstić information content (AvgIpc) is 2.85. The fourth-order valence-electron chi connectivity index (χ4n) is 3.32. The Bertz CT molecular complexity index is 598. The van der Waals surface area contributed by atoms with Crippen LogP contribution in [0, 0.1) is 12.8 Å². The highest BCUT2D eigenvalue weighted by Crippen LogP contribution is 2.49. The number of nitrogens with one attached hydrogen (secondary N) is 1. The summed E-state index contributed by atoms with van der Waals surface area (Å²) >= 11 is 6.07. The Hall–Kier alpha value is -1.15. The van der Waals surface area contributed by atoms with Crippen LogP contribution in [0.4, 0.5) is 11.8 Å². The normalized spacial score (nSPS) is 33.0. The average molecular weight is 329 g/mol. The van der Waals surface area contributed by atoms with E-state index in [1.54, 1.807) is 0 Å². The van der Waals surface area contributed by atoms with Crippen LogP contribution in [0.5, 0.6) is 0 Å². The molecule has 7 nitrogen and oxygen atoms in total. The Morgan fingerprint density at radius 1 is 1.45 bits per heavy atom. The smallest absolute Gasteiger partial charge is 0.223 e. The third-order valence-corrected chi connectivity index (χ3v) is 4.65. The first-order valence-electron chi connectivity index (χ1n) is 7.33. The van der Waals surface area contributed by atoms with Gasteiger partial charge in [0.15, 0.2) is 11.5 Å². The van der Waals surface area contributed by atoms with Crippen LogP contribution in [0.15, 0.2) is 0 Å². The van der Waals surface area contributed by atoms with E-state index in [0.29, 0.717) is 23.0 Å². The quantitative estimate of drug-likeness (QED) is 0.725. The molecule has 122 valence electrons. The zero-order valence-corrected chi connectivity index (χ0v) is 13.6. The van der Waals surface area contributed by atoms with Gasteiger partial charge in [0, 0.05) is 18.1 Å². The summed E-state index contributed by atoms with van der Waals surface area (Å²) in [6.45, 7) is 5.59. The lowest BCUT2D eigenvalue weighted by atomic mass is 10.0. The number of fused-ring (bicyclic) bond motifs is 1. The first-order valence-corrected chi connectivity index (χ1v) is 7.71. The number of nitrogen functional groups attached to an aromatic ring is 1. The number of halogens is 1. The van der Waals surface area contributed by atoms with Gasteiger partial charge in [-0.1, -0.05) is 11.6 Å². The number of rotatable bonds is 3. The van der Waals surface area contributed by atoms with E-state index in [2.05, 4.69) is 15.3 Å². The summed E-state index contributed by atoms with van der Waals surface area (Å²) in [6, 6.07) is 0. The molecule has 1 aliphatic heterocycles. The molecule has 1 aliphatic carbocycles. The summed E-state index contributed by atoms with van der Waals surface area (Å²) in [4.78, 5) is 8.16. The van der Waals surface area contributed by atoms with Gasteiger partial charge in [0.1, 0.15) is 17.1 Å². The van der Waals surface area contributed by atoms with Crippen LogP contribution < -0.4 is 11.1 Å². The molecular formula is C14H21ClN4O3. The molecule has 0 bridgehead atoms. The number of nitrogens with zero attached hydrogens (tertiary/aromatic N) is 2. The molecule has 1 aromatic rings. The molecule has 1 saturated heterocycles. The van der Waals surface area contributed by atoms with Gasteiger partial charge >= 0.3 is 0 Å². The Labute approximate surface area is 134 Å². The van der Waals surface area contributed by atoms with Gasteiger partial charge in [-0.05, 0) is 33.6 Å². The monoisotopic (exact) mass is 328 g/mol. The molecule has 4 N–H and O–H groups in total. The van der Waals surface area contributed by atoms with Crippen LogP contribution in [0.3, 0.4) is 0 Å². The van der Waals surface area contributed by atoms with Crippen molar-refractivity contribution < 1.29 is 14.6 Å². The lowest BCUT2D eigenvalue weighted by Crippen LogP contribution is -2.46. The fourth-order valence-corrected chi connectivity index (χ4v) is 3.49. The van der Waals surface area contributed by atoms with Crippen molar-refractivity contribution in [2.45, 2.75) is 51.2 Å². The van der Waals surface area contributed by atoms with E-state index in [0.717, 1.165) is 6.42 Å². The summed E-state index contributed by atoms with van der Waals surface area (Å²) in [7, 11) is 0. The standard InChI is InChI=1S/C14H21ClN4O3/c1-7-10(15)17-12(16)18-11(7)19-14-5-4-8(6-20)9(14)21-13(2,3)22-14/h8-9,20H,4-6H2,1-3H3,(H3,16,17,18,19). The zero-order chi connectivity index (χ0) is 16.1. The molecule has 0 radical (unpaired) electrons. The zero-order valence-electron chi connectivity index (χ0n) is 12.9. The highest BCUT2D eigenvalue weighted by atomic mass is 35.5. The molecule has 2 aliphatic rings. The van der Waals surface area contributed by atoms with Crippen molar-refractivity contribution in [3.8, 4) is 0 Å². The number of ether oxygens (including phenoxy) is 2. The van der Waals surface area contributed by atoms with Crippen LogP contribution in [0.2, 0.25) is 5.15 Å². The maximum Gasteiger partial charge on any atom is 0.223 e. The molecular weight excluding hydrogens is 308 g/mol. The van der Waals surface area contributed by atoms with Crippen LogP contribution in [-0.2, 0) is 9.47 Å². The van der Waals surface area contributed by atoms with Crippen molar-refractivity contribution in [1.82, 2.24) is 9.97 Å². The molecule has 1 aromatic heterocycles. The first-order chi connectivity index (χ1) is 10.3. The maximum absolute atomic E-state index is 9.58. The molecule has 8 heteroatoms. The Kier molecular flexibility index (Phi) is 3.71. The van der Waals surface area contributed by atoms with Gasteiger partial charge in [-0.25, -0.2) is 4.98 Å². The largest absolute Gasteiger partial charge is 0.396 e. The lowest BCUT2D eigenvalue weighted by molar-refractivity contribution is -0.168. The SMILES string of the molecule is Cc1c(Cl)nc(N)nc1NC12CCC(CO)C1OC(C)(C)O2. The van der Waals surface area contributed by atoms with Gasteiger partial charge < -0.3 is 25.6 Å². The highest BCUT2D eigenvalue weighted by molar-refractivity contribution is 6.30. The van der Waals surface area contributed by atoms with Crippen LogP contribution in [0.25, 0.3) is 0 Å². The van der Waals surface area contributed by atoms with Crippen LogP contribution in [0.1, 0.15) is 32.3 Å². The van der Waals surface area contributed by atoms with Gasteiger partial charge in [-0.15, -0.1) is 0 Å². The van der Waals surface area contributed by atoms with Crippen LogP contribution in [-0.4, -0.2) is 39.3 Å². The van der Waals surface area contributed by atoms with Gasteiger partial charge in [0.25, 0.3) is 0 Å². The third-order valence-electron chi connectivity index (χ3n) is 4.28. The molecule has 2 heterocycles. The minimum atomic E-state index is -0.744. The van der Waals surface area contributed by atoms with Gasteiger partial charge in [-0.2, -0.15) is 4.98 Å². The van der Waals surface area contributed by atoms with Crippen molar-refractivity contribution in [3.05, 3.63) is 10.7 Å². The molecule has 3 rings (SSSR count). The van der Waals surface area contributed by atoms with E-state index in [1.807, 2.05) is 20.8 Å². The first kappa shape index (κ1) is 15.7. The molecule has 0 aromatic carbocycles.